The Kier molecular flexibility index (Phi) is 3.91. The van der Waals surface area contributed by atoms with Gasteiger partial charge in [0.05, 0.1) is 5.92 Å². The molecule has 1 amide bonds. The van der Waals surface area contributed by atoms with E-state index in [-0.39, 0.29) is 11.8 Å². The van der Waals surface area contributed by atoms with E-state index in [1.54, 1.807) is 0 Å². The number of likely N-dealkylation sites (N-methyl/N-ethyl adjacent to an activating group) is 1. The van der Waals surface area contributed by atoms with E-state index >= 15 is 0 Å². The fourth-order valence-corrected chi connectivity index (χ4v) is 2.99. The molecule has 1 atom stereocenters. The normalized spacial score (nSPS) is 16.7. The van der Waals surface area contributed by atoms with Crippen LogP contribution in [0.5, 0.6) is 0 Å². The molecule has 3 rings (SSSR count). The summed E-state index contributed by atoms with van der Waals surface area (Å²) in [5.41, 5.74) is 3.18. The molecule has 3 heteroatoms. The summed E-state index contributed by atoms with van der Waals surface area (Å²) in [5.74, 6) is 0.139. The van der Waals surface area contributed by atoms with Gasteiger partial charge in [0.15, 0.2) is 0 Å². The largest absolute Gasteiger partial charge is 0.385 e. The molecule has 0 saturated heterocycles. The van der Waals surface area contributed by atoms with Crippen molar-refractivity contribution in [2.45, 2.75) is 19.3 Å². The summed E-state index contributed by atoms with van der Waals surface area (Å²) in [4.78, 5) is 14.9. The number of amides is 1. The maximum atomic E-state index is 13.0. The van der Waals surface area contributed by atoms with Crippen LogP contribution in [0.15, 0.2) is 54.6 Å². The van der Waals surface area contributed by atoms with Gasteiger partial charge >= 0.3 is 0 Å². The molecule has 0 fully saturated rings. The fraction of sp³-hybridized carbons (Fsp3) is 0.278. The predicted molar refractivity (Wildman–Crippen MR) is 86.8 cm³/mol. The maximum absolute atomic E-state index is 13.0. The lowest BCUT2D eigenvalue weighted by Crippen LogP contribution is -2.37. The monoisotopic (exact) mass is 280 g/mol. The highest BCUT2D eigenvalue weighted by Gasteiger charge is 2.29. The molecular weight excluding hydrogens is 260 g/mol. The number of nitrogens with zero attached hydrogens (tertiary/aromatic N) is 1. The van der Waals surface area contributed by atoms with Crippen molar-refractivity contribution >= 4 is 17.3 Å². The van der Waals surface area contributed by atoms with Crippen LogP contribution in [0.2, 0.25) is 0 Å². The number of hydrogen-bond donors (Lipinski definition) is 1. The van der Waals surface area contributed by atoms with E-state index in [1.165, 1.54) is 0 Å². The second kappa shape index (κ2) is 6.00. The highest BCUT2D eigenvalue weighted by Crippen LogP contribution is 2.33. The first-order chi connectivity index (χ1) is 10.3. The number of hydrogen-bond acceptors (Lipinski definition) is 2. The number of anilines is 2. The summed E-state index contributed by atoms with van der Waals surface area (Å²) in [6.07, 6.45) is 0.846. The first-order valence-corrected chi connectivity index (χ1v) is 7.50. The number of para-hydroxylation sites is 2. The van der Waals surface area contributed by atoms with Crippen LogP contribution in [0.1, 0.15) is 24.8 Å². The van der Waals surface area contributed by atoms with Gasteiger partial charge in [-0.2, -0.15) is 0 Å². The van der Waals surface area contributed by atoms with E-state index in [2.05, 4.69) is 11.4 Å². The van der Waals surface area contributed by atoms with Crippen LogP contribution in [0.4, 0.5) is 11.4 Å². The number of fused-ring (bicyclic) bond motifs is 1. The molecule has 1 N–H and O–H groups in total. The minimum Gasteiger partial charge on any atom is -0.385 e. The Morgan fingerprint density at radius 3 is 2.62 bits per heavy atom. The van der Waals surface area contributed by atoms with Gasteiger partial charge in [0.25, 0.3) is 0 Å². The van der Waals surface area contributed by atoms with E-state index < -0.39 is 0 Å². The zero-order valence-corrected chi connectivity index (χ0v) is 12.3. The van der Waals surface area contributed by atoms with E-state index in [1.807, 2.05) is 60.4 Å². The van der Waals surface area contributed by atoms with Crippen molar-refractivity contribution < 1.29 is 4.79 Å². The summed E-state index contributed by atoms with van der Waals surface area (Å²) in [5, 5.41) is 3.37. The molecule has 0 saturated carbocycles. The van der Waals surface area contributed by atoms with Crippen LogP contribution in [0, 0.1) is 0 Å². The molecule has 2 aromatic rings. The molecule has 108 valence electrons. The van der Waals surface area contributed by atoms with Crippen molar-refractivity contribution in [3.63, 3.8) is 0 Å². The van der Waals surface area contributed by atoms with Crippen LogP contribution < -0.4 is 10.2 Å². The lowest BCUT2D eigenvalue weighted by Gasteiger charge is -2.31. The molecule has 21 heavy (non-hydrogen) atoms. The second-order valence-corrected chi connectivity index (χ2v) is 5.27. The average molecular weight is 280 g/mol. The third kappa shape index (κ3) is 2.64. The van der Waals surface area contributed by atoms with Crippen molar-refractivity contribution in [2.75, 3.05) is 23.3 Å². The van der Waals surface area contributed by atoms with E-state index in [4.69, 9.17) is 0 Å². The standard InChI is InChI=1S/C18H20N2O/c1-2-20(14-8-4-3-5-9-14)18(21)16-12-13-19-17-11-7-6-10-15(16)17/h3-11,16,19H,2,12-13H2,1H3. The Morgan fingerprint density at radius 2 is 1.86 bits per heavy atom. The Morgan fingerprint density at radius 1 is 1.14 bits per heavy atom. The number of rotatable bonds is 3. The lowest BCUT2D eigenvalue weighted by molar-refractivity contribution is -0.120. The first kappa shape index (κ1) is 13.7. The molecule has 1 aliphatic heterocycles. The highest BCUT2D eigenvalue weighted by atomic mass is 16.2. The Bertz CT molecular complexity index is 624. The van der Waals surface area contributed by atoms with Crippen molar-refractivity contribution in [1.29, 1.82) is 0 Å². The quantitative estimate of drug-likeness (QED) is 0.931. The predicted octanol–water partition coefficient (Wildman–Crippen LogP) is 3.64. The molecule has 2 aromatic carbocycles. The van der Waals surface area contributed by atoms with Gasteiger partial charge in [-0.05, 0) is 37.1 Å². The topological polar surface area (TPSA) is 32.3 Å². The van der Waals surface area contributed by atoms with Crippen molar-refractivity contribution in [3.8, 4) is 0 Å². The molecular formula is C18H20N2O. The summed E-state index contributed by atoms with van der Waals surface area (Å²) in [7, 11) is 0. The minimum absolute atomic E-state index is 0.0531. The Balaban J connectivity index is 1.92. The Hall–Kier alpha value is -2.29. The van der Waals surface area contributed by atoms with Crippen molar-refractivity contribution in [2.24, 2.45) is 0 Å². The van der Waals surface area contributed by atoms with E-state index in [9.17, 15) is 4.79 Å². The van der Waals surface area contributed by atoms with E-state index in [0.29, 0.717) is 6.54 Å². The Labute approximate surface area is 125 Å². The highest BCUT2D eigenvalue weighted by molar-refractivity contribution is 5.99. The number of nitrogens with one attached hydrogen (secondary N) is 1. The second-order valence-electron chi connectivity index (χ2n) is 5.27. The van der Waals surface area contributed by atoms with Crippen LogP contribution in [0.3, 0.4) is 0 Å². The SMILES string of the molecule is CCN(C(=O)C1CCNc2ccccc21)c1ccccc1. The average Bonchev–Trinajstić information content (AvgIpc) is 2.56. The molecule has 0 bridgehead atoms. The molecule has 0 spiro atoms. The summed E-state index contributed by atoms with van der Waals surface area (Å²) >= 11 is 0. The zero-order chi connectivity index (χ0) is 14.7. The molecule has 1 unspecified atom stereocenters. The molecule has 0 aliphatic carbocycles. The molecule has 0 radical (unpaired) electrons. The summed E-state index contributed by atoms with van der Waals surface area (Å²) in [6.45, 7) is 3.56. The number of benzene rings is 2. The van der Waals surface area contributed by atoms with Crippen molar-refractivity contribution in [3.05, 3.63) is 60.2 Å². The minimum atomic E-state index is -0.0531. The molecule has 3 nitrogen and oxygen atoms in total. The smallest absolute Gasteiger partial charge is 0.234 e. The van der Waals surface area contributed by atoms with Gasteiger partial charge in [-0.25, -0.2) is 0 Å². The van der Waals surface area contributed by atoms with Gasteiger partial charge in [0, 0.05) is 24.5 Å². The van der Waals surface area contributed by atoms with Gasteiger partial charge in [-0.15, -0.1) is 0 Å². The van der Waals surface area contributed by atoms with Crippen LogP contribution >= 0.6 is 0 Å². The third-order valence-corrected chi connectivity index (χ3v) is 4.03. The molecule has 1 heterocycles. The van der Waals surface area contributed by atoms with Gasteiger partial charge in [0.1, 0.15) is 0 Å². The van der Waals surface area contributed by atoms with Crippen LogP contribution in [0.25, 0.3) is 0 Å². The van der Waals surface area contributed by atoms with Crippen LogP contribution in [-0.4, -0.2) is 19.0 Å². The molecule has 1 aliphatic rings. The zero-order valence-electron chi connectivity index (χ0n) is 12.3. The van der Waals surface area contributed by atoms with Crippen molar-refractivity contribution in [1.82, 2.24) is 0 Å². The first-order valence-electron chi connectivity index (χ1n) is 7.50. The maximum Gasteiger partial charge on any atom is 0.234 e. The van der Waals surface area contributed by atoms with Crippen LogP contribution in [-0.2, 0) is 4.79 Å². The summed E-state index contributed by atoms with van der Waals surface area (Å²) < 4.78 is 0. The summed E-state index contributed by atoms with van der Waals surface area (Å²) in [6, 6.07) is 18.0. The lowest BCUT2D eigenvalue weighted by atomic mass is 9.89. The fourth-order valence-electron chi connectivity index (χ4n) is 2.99. The van der Waals surface area contributed by atoms with Gasteiger partial charge in [0.2, 0.25) is 5.91 Å². The van der Waals surface area contributed by atoms with Gasteiger partial charge in [-0.3, -0.25) is 4.79 Å². The van der Waals surface area contributed by atoms with Gasteiger partial charge < -0.3 is 10.2 Å². The van der Waals surface area contributed by atoms with E-state index in [0.717, 1.165) is 29.9 Å². The van der Waals surface area contributed by atoms with Gasteiger partial charge in [-0.1, -0.05) is 36.4 Å². The number of carbonyl (C=O) groups excluding carboxylic acids is 1. The number of carbonyl (C=O) groups is 1. The third-order valence-electron chi connectivity index (χ3n) is 4.03. The molecule has 0 aromatic heterocycles.